The molecule has 0 atom stereocenters. The van der Waals surface area contributed by atoms with Gasteiger partial charge in [0.2, 0.25) is 0 Å². The molecule has 0 aliphatic heterocycles. The highest BCUT2D eigenvalue weighted by atomic mass is 15.1. The van der Waals surface area contributed by atoms with Gasteiger partial charge in [-0.25, -0.2) is 0 Å². The van der Waals surface area contributed by atoms with Gasteiger partial charge in [0.25, 0.3) is 0 Å². The molecule has 3 nitrogen and oxygen atoms in total. The predicted octanol–water partition coefficient (Wildman–Crippen LogP) is 3.43. The van der Waals surface area contributed by atoms with E-state index in [0.717, 1.165) is 37.3 Å². The molecule has 1 heterocycles. The molecular weight excluding hydrogens is 258 g/mol. The summed E-state index contributed by atoms with van der Waals surface area (Å²) < 4.78 is 0. The number of fused-ring (bicyclic) bond motifs is 1. The molecule has 2 N–H and O–H groups in total. The SMILES string of the molecule is CCCN(Cc1ccc2ccccc2n1)CC(C)(C)CN. The number of hydrogen-bond acceptors (Lipinski definition) is 3. The fraction of sp³-hybridized carbons (Fsp3) is 0.500. The van der Waals surface area contributed by atoms with Crippen molar-refractivity contribution in [1.29, 1.82) is 0 Å². The van der Waals surface area contributed by atoms with E-state index in [1.165, 1.54) is 5.39 Å². The Labute approximate surface area is 128 Å². The van der Waals surface area contributed by atoms with E-state index in [0.29, 0.717) is 6.54 Å². The molecule has 1 aromatic heterocycles. The lowest BCUT2D eigenvalue weighted by atomic mass is 9.93. The number of nitrogens with two attached hydrogens (primary N) is 1. The van der Waals surface area contributed by atoms with Crippen LogP contribution in [-0.4, -0.2) is 29.5 Å². The zero-order valence-electron chi connectivity index (χ0n) is 13.5. The molecule has 0 fully saturated rings. The van der Waals surface area contributed by atoms with Gasteiger partial charge < -0.3 is 5.73 Å². The normalized spacial score (nSPS) is 12.2. The van der Waals surface area contributed by atoms with Gasteiger partial charge in [-0.1, -0.05) is 45.0 Å². The van der Waals surface area contributed by atoms with E-state index in [9.17, 15) is 0 Å². The van der Waals surface area contributed by atoms with E-state index in [1.807, 2.05) is 6.07 Å². The maximum absolute atomic E-state index is 5.88. The second-order valence-corrected chi connectivity index (χ2v) is 6.57. The molecule has 0 spiro atoms. The van der Waals surface area contributed by atoms with Gasteiger partial charge in [-0.2, -0.15) is 0 Å². The molecule has 0 amide bonds. The Hall–Kier alpha value is -1.45. The van der Waals surface area contributed by atoms with Crippen LogP contribution < -0.4 is 5.73 Å². The maximum Gasteiger partial charge on any atom is 0.0705 e. The third kappa shape index (κ3) is 4.51. The molecule has 2 rings (SSSR count). The Morgan fingerprint density at radius 2 is 1.90 bits per heavy atom. The molecule has 0 bridgehead atoms. The fourth-order valence-electron chi connectivity index (χ4n) is 2.63. The third-order valence-electron chi connectivity index (χ3n) is 3.79. The lowest BCUT2D eigenvalue weighted by Crippen LogP contribution is -2.39. The summed E-state index contributed by atoms with van der Waals surface area (Å²) >= 11 is 0. The molecule has 3 heteroatoms. The van der Waals surface area contributed by atoms with Crippen molar-refractivity contribution in [2.75, 3.05) is 19.6 Å². The van der Waals surface area contributed by atoms with Crippen molar-refractivity contribution in [3.05, 3.63) is 42.1 Å². The summed E-state index contributed by atoms with van der Waals surface area (Å²) in [7, 11) is 0. The third-order valence-corrected chi connectivity index (χ3v) is 3.79. The minimum absolute atomic E-state index is 0.145. The lowest BCUT2D eigenvalue weighted by molar-refractivity contribution is 0.174. The Balaban J connectivity index is 2.14. The van der Waals surface area contributed by atoms with Crippen LogP contribution in [0.25, 0.3) is 10.9 Å². The topological polar surface area (TPSA) is 42.2 Å². The first-order valence-corrected chi connectivity index (χ1v) is 7.81. The minimum Gasteiger partial charge on any atom is -0.330 e. The Bertz CT molecular complexity index is 577. The van der Waals surface area contributed by atoms with Gasteiger partial charge in [-0.05, 0) is 37.1 Å². The summed E-state index contributed by atoms with van der Waals surface area (Å²) in [4.78, 5) is 7.24. The van der Waals surface area contributed by atoms with Crippen molar-refractivity contribution in [3.8, 4) is 0 Å². The zero-order chi connectivity index (χ0) is 15.3. The number of nitrogens with zero attached hydrogens (tertiary/aromatic N) is 2. The Morgan fingerprint density at radius 3 is 2.62 bits per heavy atom. The Morgan fingerprint density at radius 1 is 1.14 bits per heavy atom. The lowest BCUT2D eigenvalue weighted by Gasteiger charge is -2.31. The summed E-state index contributed by atoms with van der Waals surface area (Å²) in [6, 6.07) is 12.6. The van der Waals surface area contributed by atoms with Gasteiger partial charge in [0.1, 0.15) is 0 Å². The first kappa shape index (κ1) is 15.9. The largest absolute Gasteiger partial charge is 0.330 e. The summed E-state index contributed by atoms with van der Waals surface area (Å²) in [6.45, 7) is 10.4. The average Bonchev–Trinajstić information content (AvgIpc) is 2.47. The van der Waals surface area contributed by atoms with Crippen LogP contribution in [0.3, 0.4) is 0 Å². The van der Waals surface area contributed by atoms with E-state index < -0.39 is 0 Å². The van der Waals surface area contributed by atoms with Crippen LogP contribution in [0.1, 0.15) is 32.9 Å². The van der Waals surface area contributed by atoms with Crippen LogP contribution in [0, 0.1) is 5.41 Å². The van der Waals surface area contributed by atoms with E-state index in [2.05, 4.69) is 56.0 Å². The van der Waals surface area contributed by atoms with Crippen LogP contribution in [0.4, 0.5) is 0 Å². The van der Waals surface area contributed by atoms with Crippen LogP contribution in [-0.2, 0) is 6.54 Å². The van der Waals surface area contributed by atoms with E-state index in [4.69, 9.17) is 10.7 Å². The molecule has 0 saturated carbocycles. The number of pyridine rings is 1. The molecule has 1 aromatic carbocycles. The van der Waals surface area contributed by atoms with Gasteiger partial charge in [0.15, 0.2) is 0 Å². The van der Waals surface area contributed by atoms with Crippen molar-refractivity contribution in [3.63, 3.8) is 0 Å². The molecule has 0 saturated heterocycles. The number of benzene rings is 1. The highest BCUT2D eigenvalue weighted by Gasteiger charge is 2.20. The first-order valence-electron chi connectivity index (χ1n) is 7.81. The second-order valence-electron chi connectivity index (χ2n) is 6.57. The van der Waals surface area contributed by atoms with Gasteiger partial charge in [0, 0.05) is 18.5 Å². The van der Waals surface area contributed by atoms with Gasteiger partial charge in [-0.15, -0.1) is 0 Å². The number of aromatic nitrogens is 1. The van der Waals surface area contributed by atoms with Crippen molar-refractivity contribution >= 4 is 10.9 Å². The van der Waals surface area contributed by atoms with Gasteiger partial charge in [0.05, 0.1) is 11.2 Å². The highest BCUT2D eigenvalue weighted by Crippen LogP contribution is 2.18. The van der Waals surface area contributed by atoms with Crippen molar-refractivity contribution in [2.24, 2.45) is 11.1 Å². The van der Waals surface area contributed by atoms with Crippen LogP contribution >= 0.6 is 0 Å². The zero-order valence-corrected chi connectivity index (χ0v) is 13.5. The standard InChI is InChI=1S/C18H27N3/c1-4-11-21(14-18(2,3)13-19)12-16-10-9-15-7-5-6-8-17(15)20-16/h5-10H,4,11-14,19H2,1-3H3. The maximum atomic E-state index is 5.88. The minimum atomic E-state index is 0.145. The smallest absolute Gasteiger partial charge is 0.0705 e. The quantitative estimate of drug-likeness (QED) is 0.847. The van der Waals surface area contributed by atoms with Crippen molar-refractivity contribution in [1.82, 2.24) is 9.88 Å². The molecule has 21 heavy (non-hydrogen) atoms. The average molecular weight is 285 g/mol. The molecule has 0 aliphatic rings. The second kappa shape index (κ2) is 7.01. The van der Waals surface area contributed by atoms with E-state index >= 15 is 0 Å². The molecular formula is C18H27N3. The molecule has 2 aromatic rings. The number of rotatable bonds is 7. The van der Waals surface area contributed by atoms with Crippen LogP contribution in [0.5, 0.6) is 0 Å². The fourth-order valence-corrected chi connectivity index (χ4v) is 2.63. The van der Waals surface area contributed by atoms with E-state index in [1.54, 1.807) is 0 Å². The van der Waals surface area contributed by atoms with Crippen molar-refractivity contribution < 1.29 is 0 Å². The molecule has 0 radical (unpaired) electrons. The van der Waals surface area contributed by atoms with E-state index in [-0.39, 0.29) is 5.41 Å². The number of hydrogen-bond donors (Lipinski definition) is 1. The van der Waals surface area contributed by atoms with Gasteiger partial charge in [-0.3, -0.25) is 9.88 Å². The summed E-state index contributed by atoms with van der Waals surface area (Å²) in [6.07, 6.45) is 1.15. The highest BCUT2D eigenvalue weighted by molar-refractivity contribution is 5.78. The molecule has 0 unspecified atom stereocenters. The predicted molar refractivity (Wildman–Crippen MR) is 90.1 cm³/mol. The summed E-state index contributed by atoms with van der Waals surface area (Å²) in [5, 5.41) is 1.20. The monoisotopic (exact) mass is 285 g/mol. The van der Waals surface area contributed by atoms with Gasteiger partial charge >= 0.3 is 0 Å². The first-order chi connectivity index (χ1) is 10.0. The molecule has 114 valence electrons. The Kier molecular flexibility index (Phi) is 5.32. The number of para-hydroxylation sites is 1. The molecule has 0 aliphatic carbocycles. The van der Waals surface area contributed by atoms with Crippen LogP contribution in [0.2, 0.25) is 0 Å². The van der Waals surface area contributed by atoms with Crippen molar-refractivity contribution in [2.45, 2.75) is 33.7 Å². The summed E-state index contributed by atoms with van der Waals surface area (Å²) in [5.41, 5.74) is 8.23. The summed E-state index contributed by atoms with van der Waals surface area (Å²) in [5.74, 6) is 0. The van der Waals surface area contributed by atoms with Crippen LogP contribution in [0.15, 0.2) is 36.4 Å².